The van der Waals surface area contributed by atoms with Gasteiger partial charge in [-0.1, -0.05) is 76.6 Å². The van der Waals surface area contributed by atoms with E-state index in [9.17, 15) is 31.1 Å². The SMILES string of the molecule is O=C(C1=C(c2ccccc2)OC(CBr)(c2cc(C(F)(F)F)cc(C(F)(F)F)c2)C1)c1ccccc1. The van der Waals surface area contributed by atoms with E-state index in [4.69, 9.17) is 4.74 Å². The van der Waals surface area contributed by atoms with Crippen LogP contribution in [-0.4, -0.2) is 11.1 Å². The molecule has 1 aliphatic heterocycles. The lowest BCUT2D eigenvalue weighted by molar-refractivity contribution is -0.143. The van der Waals surface area contributed by atoms with E-state index in [1.807, 2.05) is 0 Å². The molecule has 1 unspecified atom stereocenters. The highest BCUT2D eigenvalue weighted by Crippen LogP contribution is 2.49. The number of carbonyl (C=O) groups excluding carboxylic acids is 1. The van der Waals surface area contributed by atoms with Gasteiger partial charge in [0.1, 0.15) is 11.4 Å². The van der Waals surface area contributed by atoms with Crippen LogP contribution < -0.4 is 0 Å². The number of alkyl halides is 7. The van der Waals surface area contributed by atoms with Gasteiger partial charge in [0, 0.05) is 28.5 Å². The highest BCUT2D eigenvalue weighted by Gasteiger charge is 2.47. The lowest BCUT2D eigenvalue weighted by Gasteiger charge is -2.30. The third-order valence-electron chi connectivity index (χ3n) is 5.71. The van der Waals surface area contributed by atoms with Crippen LogP contribution in [-0.2, 0) is 22.7 Å². The second kappa shape index (κ2) is 9.18. The Labute approximate surface area is 205 Å². The minimum absolute atomic E-state index is 0.0714. The molecule has 0 N–H and O–H groups in total. The molecule has 4 rings (SSSR count). The van der Waals surface area contributed by atoms with E-state index in [1.165, 1.54) is 0 Å². The van der Waals surface area contributed by atoms with Gasteiger partial charge >= 0.3 is 12.4 Å². The molecule has 0 amide bonds. The number of hydrogen-bond acceptors (Lipinski definition) is 2. The van der Waals surface area contributed by atoms with E-state index in [0.29, 0.717) is 23.3 Å². The van der Waals surface area contributed by atoms with Crippen molar-refractivity contribution < 1.29 is 35.9 Å². The molecular weight excluding hydrogens is 538 g/mol. The first-order valence-corrected chi connectivity index (χ1v) is 11.5. The Bertz CT molecular complexity index is 1230. The summed E-state index contributed by atoms with van der Waals surface area (Å²) in [6.07, 6.45) is -10.3. The Balaban J connectivity index is 1.89. The van der Waals surface area contributed by atoms with Gasteiger partial charge in [-0.15, -0.1) is 0 Å². The van der Waals surface area contributed by atoms with Gasteiger partial charge in [0.05, 0.1) is 11.1 Å². The third-order valence-corrected chi connectivity index (χ3v) is 6.62. The Morgan fingerprint density at radius 1 is 0.829 bits per heavy atom. The molecule has 1 atom stereocenters. The normalized spacial score (nSPS) is 18.5. The van der Waals surface area contributed by atoms with Gasteiger partial charge < -0.3 is 4.74 Å². The van der Waals surface area contributed by atoms with Crippen molar-refractivity contribution >= 4 is 27.5 Å². The molecule has 0 saturated heterocycles. The molecule has 1 heterocycles. The average Bonchev–Trinajstić information content (AvgIpc) is 3.25. The van der Waals surface area contributed by atoms with Gasteiger partial charge in [0.25, 0.3) is 0 Å². The van der Waals surface area contributed by atoms with E-state index >= 15 is 0 Å². The summed E-state index contributed by atoms with van der Waals surface area (Å²) in [5.41, 5.74) is -3.94. The molecule has 0 aliphatic carbocycles. The molecule has 0 spiro atoms. The number of benzene rings is 3. The topological polar surface area (TPSA) is 26.3 Å². The monoisotopic (exact) mass is 554 g/mol. The molecule has 182 valence electrons. The van der Waals surface area contributed by atoms with Crippen molar-refractivity contribution in [1.29, 1.82) is 0 Å². The number of carbonyl (C=O) groups is 1. The van der Waals surface area contributed by atoms with Gasteiger partial charge in [-0.25, -0.2) is 0 Å². The minimum atomic E-state index is -5.01. The van der Waals surface area contributed by atoms with Gasteiger partial charge in [0.2, 0.25) is 0 Å². The summed E-state index contributed by atoms with van der Waals surface area (Å²) >= 11 is 3.23. The number of halogens is 7. The molecule has 0 saturated carbocycles. The fraction of sp³-hybridized carbons (Fsp3) is 0.192. The number of rotatable bonds is 5. The van der Waals surface area contributed by atoms with Gasteiger partial charge in [-0.3, -0.25) is 4.79 Å². The zero-order valence-corrected chi connectivity index (χ0v) is 19.5. The predicted molar refractivity (Wildman–Crippen MR) is 122 cm³/mol. The van der Waals surface area contributed by atoms with Crippen molar-refractivity contribution in [2.45, 2.75) is 24.4 Å². The van der Waals surface area contributed by atoms with Crippen LogP contribution in [0.3, 0.4) is 0 Å². The molecular formula is C26H17BrF6O2. The lowest BCUT2D eigenvalue weighted by Crippen LogP contribution is -2.29. The third kappa shape index (κ3) is 5.00. The summed E-state index contributed by atoms with van der Waals surface area (Å²) < 4.78 is 87.3. The van der Waals surface area contributed by atoms with Crippen LogP contribution in [0.1, 0.15) is 39.0 Å². The molecule has 0 radical (unpaired) electrons. The summed E-state index contributed by atoms with van der Waals surface area (Å²) in [6.45, 7) is 0. The molecule has 3 aromatic rings. The summed E-state index contributed by atoms with van der Waals surface area (Å²) in [4.78, 5) is 13.4. The number of hydrogen-bond donors (Lipinski definition) is 0. The maximum absolute atomic E-state index is 13.5. The van der Waals surface area contributed by atoms with E-state index in [2.05, 4.69) is 15.9 Å². The second-order valence-electron chi connectivity index (χ2n) is 8.07. The van der Waals surface area contributed by atoms with Crippen molar-refractivity contribution in [2.24, 2.45) is 0 Å². The zero-order chi connectivity index (χ0) is 25.4. The smallest absolute Gasteiger partial charge is 0.416 e. The van der Waals surface area contributed by atoms with Gasteiger partial charge in [-0.2, -0.15) is 26.3 Å². The molecule has 3 aromatic carbocycles. The highest BCUT2D eigenvalue weighted by molar-refractivity contribution is 9.09. The van der Waals surface area contributed by atoms with E-state index in [0.717, 1.165) is 0 Å². The van der Waals surface area contributed by atoms with Crippen LogP contribution in [0.4, 0.5) is 26.3 Å². The first kappa shape index (κ1) is 25.0. The van der Waals surface area contributed by atoms with Crippen molar-refractivity contribution in [1.82, 2.24) is 0 Å². The summed E-state index contributed by atoms with van der Waals surface area (Å²) in [7, 11) is 0. The van der Waals surface area contributed by atoms with Gasteiger partial charge in [-0.05, 0) is 23.8 Å². The average molecular weight is 555 g/mol. The fourth-order valence-electron chi connectivity index (χ4n) is 3.96. The van der Waals surface area contributed by atoms with Crippen molar-refractivity contribution in [3.05, 3.63) is 112 Å². The van der Waals surface area contributed by atoms with Crippen LogP contribution in [0, 0.1) is 0 Å². The number of ketones is 1. The zero-order valence-electron chi connectivity index (χ0n) is 17.9. The largest absolute Gasteiger partial charge is 0.480 e. The Morgan fingerprint density at radius 3 is 1.83 bits per heavy atom. The van der Waals surface area contributed by atoms with Crippen molar-refractivity contribution in [3.63, 3.8) is 0 Å². The number of Topliss-reactive ketones (excluding diaryl/α,β-unsaturated/α-hetero) is 1. The van der Waals surface area contributed by atoms with E-state index in [-0.39, 0.29) is 34.7 Å². The van der Waals surface area contributed by atoms with Gasteiger partial charge in [0.15, 0.2) is 5.78 Å². The standard InChI is InChI=1S/C26H17BrF6O2/c27-15-24(18-11-19(25(28,29)30)13-20(12-18)26(31,32)33)14-21(22(34)16-7-3-1-4-8-16)23(35-24)17-9-5-2-6-10-17/h1-13H,14-15H2. The van der Waals surface area contributed by atoms with Crippen LogP contribution in [0.5, 0.6) is 0 Å². The van der Waals surface area contributed by atoms with E-state index in [1.54, 1.807) is 60.7 Å². The molecule has 2 nitrogen and oxygen atoms in total. The number of ether oxygens (including phenoxy) is 1. The molecule has 0 fully saturated rings. The molecule has 9 heteroatoms. The summed E-state index contributed by atoms with van der Waals surface area (Å²) in [6, 6.07) is 18.0. The molecule has 0 aromatic heterocycles. The Morgan fingerprint density at radius 2 is 1.34 bits per heavy atom. The minimum Gasteiger partial charge on any atom is -0.480 e. The molecule has 0 bridgehead atoms. The summed E-state index contributed by atoms with van der Waals surface area (Å²) in [5, 5.41) is -0.152. The Kier molecular flexibility index (Phi) is 6.57. The van der Waals surface area contributed by atoms with E-state index < -0.39 is 34.9 Å². The van der Waals surface area contributed by atoms with Crippen molar-refractivity contribution in [3.8, 4) is 0 Å². The molecule has 1 aliphatic rings. The second-order valence-corrected chi connectivity index (χ2v) is 8.63. The molecule has 35 heavy (non-hydrogen) atoms. The fourth-order valence-corrected chi connectivity index (χ4v) is 4.60. The first-order valence-electron chi connectivity index (χ1n) is 10.4. The van der Waals surface area contributed by atoms with Crippen LogP contribution >= 0.6 is 15.9 Å². The Hall–Kier alpha value is -3.07. The van der Waals surface area contributed by atoms with Crippen LogP contribution in [0.15, 0.2) is 84.4 Å². The maximum Gasteiger partial charge on any atom is 0.416 e. The maximum atomic E-state index is 13.5. The summed E-state index contributed by atoms with van der Waals surface area (Å²) in [5.74, 6) is -0.305. The highest BCUT2D eigenvalue weighted by atomic mass is 79.9. The van der Waals surface area contributed by atoms with Crippen LogP contribution in [0.2, 0.25) is 0 Å². The first-order chi connectivity index (χ1) is 16.4. The van der Waals surface area contributed by atoms with Crippen LogP contribution in [0.25, 0.3) is 5.76 Å². The lowest BCUT2D eigenvalue weighted by atomic mass is 9.86. The van der Waals surface area contributed by atoms with Crippen molar-refractivity contribution in [2.75, 3.05) is 5.33 Å². The quantitative estimate of drug-likeness (QED) is 0.181. The predicted octanol–water partition coefficient (Wildman–Crippen LogP) is 8.03.